The Morgan fingerprint density at radius 2 is 2.11 bits per heavy atom. The van der Waals surface area contributed by atoms with Gasteiger partial charge in [-0.3, -0.25) is 0 Å². The zero-order valence-corrected chi connectivity index (χ0v) is 11.5. The molecule has 0 radical (unpaired) electrons. The minimum absolute atomic E-state index is 0.468. The number of thiophene rings is 1. The summed E-state index contributed by atoms with van der Waals surface area (Å²) >= 11 is 4.94. The van der Waals surface area contributed by atoms with Crippen molar-refractivity contribution in [2.24, 2.45) is 0 Å². The smallest absolute Gasteiger partial charge is 0.258 e. The van der Waals surface area contributed by atoms with Crippen LogP contribution in [-0.2, 0) is 0 Å². The van der Waals surface area contributed by atoms with Crippen LogP contribution in [0.25, 0.3) is 22.8 Å². The third-order valence-corrected chi connectivity index (χ3v) is 3.85. The SMILES string of the molecule is Nc1cc(-c2nc(-c3ccsc3)no2)ccc1Br. The normalized spacial score (nSPS) is 10.7. The third-order valence-electron chi connectivity index (χ3n) is 2.45. The summed E-state index contributed by atoms with van der Waals surface area (Å²) in [5.74, 6) is 1.06. The Kier molecular flexibility index (Phi) is 2.89. The molecule has 0 saturated heterocycles. The van der Waals surface area contributed by atoms with Gasteiger partial charge in [0.2, 0.25) is 5.82 Å². The third kappa shape index (κ3) is 2.04. The van der Waals surface area contributed by atoms with E-state index in [1.54, 1.807) is 17.4 Å². The number of aromatic nitrogens is 2. The fourth-order valence-electron chi connectivity index (χ4n) is 1.53. The van der Waals surface area contributed by atoms with Gasteiger partial charge in [-0.25, -0.2) is 0 Å². The van der Waals surface area contributed by atoms with E-state index < -0.39 is 0 Å². The minimum Gasteiger partial charge on any atom is -0.398 e. The van der Waals surface area contributed by atoms with Crippen LogP contribution in [0.4, 0.5) is 5.69 Å². The number of rotatable bonds is 2. The first kappa shape index (κ1) is 11.4. The molecule has 0 aliphatic rings. The highest BCUT2D eigenvalue weighted by Gasteiger charge is 2.11. The van der Waals surface area contributed by atoms with E-state index in [1.165, 1.54) is 0 Å². The summed E-state index contributed by atoms with van der Waals surface area (Å²) in [6.45, 7) is 0. The average Bonchev–Trinajstić information content (AvgIpc) is 3.01. The second-order valence-electron chi connectivity index (χ2n) is 3.67. The number of benzene rings is 1. The van der Waals surface area contributed by atoms with Gasteiger partial charge in [0.25, 0.3) is 5.89 Å². The summed E-state index contributed by atoms with van der Waals surface area (Å²) in [6.07, 6.45) is 0. The highest BCUT2D eigenvalue weighted by molar-refractivity contribution is 9.10. The fourth-order valence-corrected chi connectivity index (χ4v) is 2.41. The zero-order chi connectivity index (χ0) is 12.5. The maximum atomic E-state index is 5.82. The Hall–Kier alpha value is -1.66. The molecule has 1 aromatic carbocycles. The first-order chi connectivity index (χ1) is 8.74. The molecule has 0 saturated carbocycles. The van der Waals surface area contributed by atoms with Crippen LogP contribution in [0.2, 0.25) is 0 Å². The van der Waals surface area contributed by atoms with Gasteiger partial charge in [0.15, 0.2) is 0 Å². The van der Waals surface area contributed by atoms with Crippen LogP contribution in [-0.4, -0.2) is 10.1 Å². The number of anilines is 1. The Morgan fingerprint density at radius 3 is 2.83 bits per heavy atom. The maximum absolute atomic E-state index is 5.82. The van der Waals surface area contributed by atoms with E-state index in [-0.39, 0.29) is 0 Å². The van der Waals surface area contributed by atoms with Crippen LogP contribution < -0.4 is 5.73 Å². The Morgan fingerprint density at radius 1 is 1.22 bits per heavy atom. The molecular formula is C12H8BrN3OS. The van der Waals surface area contributed by atoms with Gasteiger partial charge in [-0.1, -0.05) is 5.16 Å². The first-order valence-electron chi connectivity index (χ1n) is 5.16. The molecule has 2 aromatic heterocycles. The van der Waals surface area contributed by atoms with E-state index in [4.69, 9.17) is 10.3 Å². The molecule has 0 fully saturated rings. The van der Waals surface area contributed by atoms with Gasteiger partial charge in [-0.15, -0.1) is 0 Å². The molecule has 2 N–H and O–H groups in total. The molecule has 90 valence electrons. The van der Waals surface area contributed by atoms with E-state index in [2.05, 4.69) is 26.1 Å². The van der Waals surface area contributed by atoms with E-state index in [9.17, 15) is 0 Å². The van der Waals surface area contributed by atoms with Gasteiger partial charge in [0.1, 0.15) is 0 Å². The lowest BCUT2D eigenvalue weighted by Gasteiger charge is -1.99. The van der Waals surface area contributed by atoms with Gasteiger partial charge in [-0.05, 0) is 45.6 Å². The second kappa shape index (κ2) is 4.55. The predicted molar refractivity (Wildman–Crippen MR) is 75.2 cm³/mol. The van der Waals surface area contributed by atoms with Crippen LogP contribution in [0.3, 0.4) is 0 Å². The van der Waals surface area contributed by atoms with Crippen molar-refractivity contribution in [2.75, 3.05) is 5.73 Å². The monoisotopic (exact) mass is 321 g/mol. The Balaban J connectivity index is 2.00. The highest BCUT2D eigenvalue weighted by atomic mass is 79.9. The average molecular weight is 322 g/mol. The minimum atomic E-state index is 0.468. The van der Waals surface area contributed by atoms with Crippen molar-refractivity contribution < 1.29 is 4.52 Å². The lowest BCUT2D eigenvalue weighted by Crippen LogP contribution is -1.87. The molecule has 4 nitrogen and oxygen atoms in total. The van der Waals surface area contributed by atoms with E-state index in [0.29, 0.717) is 17.4 Å². The van der Waals surface area contributed by atoms with E-state index in [0.717, 1.165) is 15.6 Å². The van der Waals surface area contributed by atoms with Crippen LogP contribution in [0, 0.1) is 0 Å². The first-order valence-corrected chi connectivity index (χ1v) is 6.89. The largest absolute Gasteiger partial charge is 0.398 e. The van der Waals surface area contributed by atoms with Gasteiger partial charge in [0, 0.05) is 26.7 Å². The van der Waals surface area contributed by atoms with Crippen LogP contribution >= 0.6 is 27.3 Å². The van der Waals surface area contributed by atoms with Gasteiger partial charge >= 0.3 is 0 Å². The van der Waals surface area contributed by atoms with Crippen molar-refractivity contribution >= 4 is 33.0 Å². The summed E-state index contributed by atoms with van der Waals surface area (Å²) in [4.78, 5) is 4.35. The predicted octanol–water partition coefficient (Wildman–Crippen LogP) is 3.81. The van der Waals surface area contributed by atoms with Crippen molar-refractivity contribution in [1.29, 1.82) is 0 Å². The lowest BCUT2D eigenvalue weighted by molar-refractivity contribution is 0.432. The number of halogens is 1. The van der Waals surface area contributed by atoms with E-state index in [1.807, 2.05) is 29.0 Å². The molecule has 3 aromatic rings. The van der Waals surface area contributed by atoms with Gasteiger partial charge in [-0.2, -0.15) is 16.3 Å². The van der Waals surface area contributed by atoms with Crippen LogP contribution in [0.5, 0.6) is 0 Å². The summed E-state index contributed by atoms with van der Waals surface area (Å²) < 4.78 is 6.09. The fraction of sp³-hybridized carbons (Fsp3) is 0. The molecule has 0 spiro atoms. The number of nitrogens with zero attached hydrogens (tertiary/aromatic N) is 2. The quantitative estimate of drug-likeness (QED) is 0.729. The zero-order valence-electron chi connectivity index (χ0n) is 9.13. The molecule has 3 rings (SSSR count). The van der Waals surface area contributed by atoms with Crippen molar-refractivity contribution in [3.63, 3.8) is 0 Å². The maximum Gasteiger partial charge on any atom is 0.258 e. The van der Waals surface area contributed by atoms with E-state index >= 15 is 0 Å². The number of nitrogens with two attached hydrogens (primary N) is 1. The standard InChI is InChI=1S/C12H8BrN3OS/c13-9-2-1-7(5-10(9)14)12-15-11(16-17-12)8-3-4-18-6-8/h1-6H,14H2. The number of hydrogen-bond acceptors (Lipinski definition) is 5. The number of nitrogen functional groups attached to an aromatic ring is 1. The summed E-state index contributed by atoms with van der Waals surface area (Å²) in [6, 6.07) is 7.49. The van der Waals surface area contributed by atoms with Crippen molar-refractivity contribution in [1.82, 2.24) is 10.1 Å². The molecule has 18 heavy (non-hydrogen) atoms. The molecule has 0 bridgehead atoms. The molecule has 6 heteroatoms. The summed E-state index contributed by atoms with van der Waals surface area (Å²) in [5, 5.41) is 7.91. The van der Waals surface area contributed by atoms with Crippen molar-refractivity contribution in [3.8, 4) is 22.8 Å². The molecule has 2 heterocycles. The number of hydrogen-bond donors (Lipinski definition) is 1. The summed E-state index contributed by atoms with van der Waals surface area (Å²) in [7, 11) is 0. The molecule has 0 unspecified atom stereocenters. The summed E-state index contributed by atoms with van der Waals surface area (Å²) in [5.41, 5.74) is 8.23. The van der Waals surface area contributed by atoms with Crippen molar-refractivity contribution in [3.05, 3.63) is 39.5 Å². The highest BCUT2D eigenvalue weighted by Crippen LogP contribution is 2.28. The molecular weight excluding hydrogens is 314 g/mol. The Bertz CT molecular complexity index is 678. The Labute approximate surface area is 116 Å². The van der Waals surface area contributed by atoms with Crippen molar-refractivity contribution in [2.45, 2.75) is 0 Å². The van der Waals surface area contributed by atoms with Crippen LogP contribution in [0.15, 0.2) is 44.0 Å². The topological polar surface area (TPSA) is 64.9 Å². The molecule has 0 amide bonds. The molecule has 0 atom stereocenters. The van der Waals surface area contributed by atoms with Gasteiger partial charge in [0.05, 0.1) is 0 Å². The second-order valence-corrected chi connectivity index (χ2v) is 5.31. The molecule has 0 aliphatic carbocycles. The molecule has 0 aliphatic heterocycles. The van der Waals surface area contributed by atoms with Crippen LogP contribution in [0.1, 0.15) is 0 Å². The lowest BCUT2D eigenvalue weighted by atomic mass is 10.2. The van der Waals surface area contributed by atoms with Gasteiger partial charge < -0.3 is 10.3 Å².